The predicted octanol–water partition coefficient (Wildman–Crippen LogP) is 2.98. The molecule has 3 N–H and O–H groups in total. The van der Waals surface area contributed by atoms with E-state index in [-0.39, 0.29) is 30.7 Å². The first-order chi connectivity index (χ1) is 10.2. The van der Waals surface area contributed by atoms with Gasteiger partial charge in [0, 0.05) is 6.54 Å². The highest BCUT2D eigenvalue weighted by Crippen LogP contribution is 2.23. The highest BCUT2D eigenvalue weighted by molar-refractivity contribution is 5.85. The maximum absolute atomic E-state index is 12.3. The van der Waals surface area contributed by atoms with Crippen molar-refractivity contribution in [1.82, 2.24) is 10.2 Å². The number of carbonyl (C=O) groups excluding carboxylic acids is 1. The molecule has 0 bridgehead atoms. The zero-order chi connectivity index (χ0) is 16.8. The van der Waals surface area contributed by atoms with E-state index in [4.69, 9.17) is 5.73 Å². The summed E-state index contributed by atoms with van der Waals surface area (Å²) >= 11 is 0. The van der Waals surface area contributed by atoms with E-state index in [1.165, 1.54) is 4.90 Å². The van der Waals surface area contributed by atoms with Crippen LogP contribution in [-0.4, -0.2) is 49.2 Å². The highest BCUT2D eigenvalue weighted by atomic mass is 35.5. The Balaban J connectivity index is 0. The number of likely N-dealkylation sites (tertiary alicyclic amines) is 1. The van der Waals surface area contributed by atoms with E-state index in [1.54, 1.807) is 0 Å². The van der Waals surface area contributed by atoms with E-state index in [1.807, 2.05) is 13.8 Å². The summed E-state index contributed by atoms with van der Waals surface area (Å²) < 4.78 is 36.9. The molecule has 1 fully saturated rings. The summed E-state index contributed by atoms with van der Waals surface area (Å²) in [5.41, 5.74) is 5.79. The second-order valence-electron chi connectivity index (χ2n) is 6.65. The summed E-state index contributed by atoms with van der Waals surface area (Å²) in [5, 5.41) is 2.83. The van der Waals surface area contributed by atoms with E-state index in [0.29, 0.717) is 37.9 Å². The number of hydrogen-bond donors (Lipinski definition) is 2. The van der Waals surface area contributed by atoms with Crippen molar-refractivity contribution >= 4 is 30.7 Å². The molecule has 0 unspecified atom stereocenters. The second-order valence-corrected chi connectivity index (χ2v) is 6.65. The third-order valence-corrected chi connectivity index (χ3v) is 4.02. The van der Waals surface area contributed by atoms with E-state index < -0.39 is 18.8 Å². The molecule has 1 atom stereocenters. The minimum absolute atomic E-state index is 0. The van der Waals surface area contributed by atoms with Gasteiger partial charge < -0.3 is 11.1 Å². The van der Waals surface area contributed by atoms with Crippen LogP contribution in [0.3, 0.4) is 0 Å². The molecule has 1 amide bonds. The van der Waals surface area contributed by atoms with E-state index in [2.05, 4.69) is 5.32 Å². The average Bonchev–Trinajstić information content (AvgIpc) is 2.38. The van der Waals surface area contributed by atoms with E-state index in [9.17, 15) is 18.0 Å². The fourth-order valence-corrected chi connectivity index (χ4v) is 2.83. The summed E-state index contributed by atoms with van der Waals surface area (Å²) in [6.45, 7) is 4.72. The molecule has 0 aromatic carbocycles. The molecule has 1 aliphatic heterocycles. The van der Waals surface area contributed by atoms with Gasteiger partial charge in [0.15, 0.2) is 0 Å². The van der Waals surface area contributed by atoms with Crippen molar-refractivity contribution in [3.05, 3.63) is 0 Å². The molecule has 146 valence electrons. The van der Waals surface area contributed by atoms with E-state index >= 15 is 0 Å². The number of nitrogens with one attached hydrogen (secondary N) is 1. The second kappa shape index (κ2) is 12.2. The molecule has 1 saturated heterocycles. The van der Waals surface area contributed by atoms with Crippen LogP contribution in [0.4, 0.5) is 13.2 Å². The molecule has 1 rings (SSSR count). The smallest absolute Gasteiger partial charge is 0.355 e. The predicted molar refractivity (Wildman–Crippen MR) is 94.8 cm³/mol. The van der Waals surface area contributed by atoms with Crippen LogP contribution in [-0.2, 0) is 4.79 Å². The third kappa shape index (κ3) is 11.3. The molecule has 0 aromatic rings. The van der Waals surface area contributed by atoms with Gasteiger partial charge in [0.1, 0.15) is 0 Å². The first-order valence-electron chi connectivity index (χ1n) is 7.99. The zero-order valence-electron chi connectivity index (χ0n) is 14.3. The minimum atomic E-state index is -4.12. The number of nitrogens with zero attached hydrogens (tertiary/aromatic N) is 1. The SMILES string of the molecule is CC(C)C[C@H](N)C(=O)NCCC1CCN(CC(F)(F)F)CC1.Cl.Cl. The Morgan fingerprint density at radius 1 is 1.25 bits per heavy atom. The number of hydrogen-bond acceptors (Lipinski definition) is 3. The molecule has 0 radical (unpaired) electrons. The number of alkyl halides is 3. The Bertz CT molecular complexity index is 349. The van der Waals surface area contributed by atoms with Gasteiger partial charge in [-0.25, -0.2) is 0 Å². The maximum atomic E-state index is 12.3. The van der Waals surface area contributed by atoms with Crippen LogP contribution in [0.1, 0.15) is 39.5 Å². The lowest BCUT2D eigenvalue weighted by molar-refractivity contribution is -0.148. The van der Waals surface area contributed by atoms with Crippen molar-refractivity contribution in [2.24, 2.45) is 17.6 Å². The Morgan fingerprint density at radius 3 is 2.25 bits per heavy atom. The number of rotatable bonds is 7. The molecule has 1 heterocycles. The Morgan fingerprint density at radius 2 is 1.79 bits per heavy atom. The number of halogens is 5. The van der Waals surface area contributed by atoms with Crippen LogP contribution in [0.25, 0.3) is 0 Å². The number of amides is 1. The van der Waals surface area contributed by atoms with Crippen molar-refractivity contribution in [2.45, 2.75) is 51.7 Å². The first kappa shape index (κ1) is 26.0. The van der Waals surface area contributed by atoms with Gasteiger partial charge in [-0.05, 0) is 50.6 Å². The monoisotopic (exact) mass is 395 g/mol. The van der Waals surface area contributed by atoms with Gasteiger partial charge in [0.25, 0.3) is 0 Å². The van der Waals surface area contributed by atoms with Crippen molar-refractivity contribution in [1.29, 1.82) is 0 Å². The van der Waals surface area contributed by atoms with Crippen LogP contribution in [0, 0.1) is 11.8 Å². The highest BCUT2D eigenvalue weighted by Gasteiger charge is 2.32. The van der Waals surface area contributed by atoms with Crippen LogP contribution < -0.4 is 11.1 Å². The number of nitrogens with two attached hydrogens (primary N) is 1. The summed E-state index contributed by atoms with van der Waals surface area (Å²) in [7, 11) is 0. The molecular formula is C15H30Cl2F3N3O. The lowest BCUT2D eigenvalue weighted by atomic mass is 9.93. The molecule has 24 heavy (non-hydrogen) atoms. The maximum Gasteiger partial charge on any atom is 0.401 e. The quantitative estimate of drug-likeness (QED) is 0.696. The fourth-order valence-electron chi connectivity index (χ4n) is 2.83. The van der Waals surface area contributed by atoms with Crippen molar-refractivity contribution < 1.29 is 18.0 Å². The summed E-state index contributed by atoms with van der Waals surface area (Å²) in [5.74, 6) is 0.619. The average molecular weight is 396 g/mol. The van der Waals surface area contributed by atoms with Crippen LogP contribution >= 0.6 is 24.8 Å². The fraction of sp³-hybridized carbons (Fsp3) is 0.933. The largest absolute Gasteiger partial charge is 0.401 e. The minimum Gasteiger partial charge on any atom is -0.355 e. The molecule has 4 nitrogen and oxygen atoms in total. The molecule has 1 aliphatic rings. The molecule has 0 aromatic heterocycles. The van der Waals surface area contributed by atoms with Crippen LogP contribution in [0.5, 0.6) is 0 Å². The molecule has 0 saturated carbocycles. The van der Waals surface area contributed by atoms with Gasteiger partial charge >= 0.3 is 6.18 Å². The molecule has 9 heteroatoms. The van der Waals surface area contributed by atoms with Gasteiger partial charge in [0.2, 0.25) is 5.91 Å². The Hall–Kier alpha value is -0.240. The van der Waals surface area contributed by atoms with Gasteiger partial charge in [-0.1, -0.05) is 13.8 Å². The standard InChI is InChI=1S/C15H28F3N3O.2ClH/c1-11(2)9-13(19)14(22)20-6-3-12-4-7-21(8-5-12)10-15(16,17)18;;/h11-13H,3-10,19H2,1-2H3,(H,20,22);2*1H/t13-;;/m0../s1. The van der Waals surface area contributed by atoms with Crippen LogP contribution in [0.15, 0.2) is 0 Å². The summed E-state index contributed by atoms with van der Waals surface area (Å²) in [6.07, 6.45) is -1.15. The lowest BCUT2D eigenvalue weighted by Crippen LogP contribution is -2.43. The van der Waals surface area contributed by atoms with Gasteiger partial charge in [0.05, 0.1) is 12.6 Å². The lowest BCUT2D eigenvalue weighted by Gasteiger charge is -2.32. The zero-order valence-corrected chi connectivity index (χ0v) is 15.9. The first-order valence-corrected chi connectivity index (χ1v) is 7.99. The van der Waals surface area contributed by atoms with Crippen molar-refractivity contribution in [3.63, 3.8) is 0 Å². The molecule has 0 spiro atoms. The van der Waals surface area contributed by atoms with Gasteiger partial charge in [-0.15, -0.1) is 24.8 Å². The molecule has 0 aliphatic carbocycles. The summed E-state index contributed by atoms with van der Waals surface area (Å²) in [6, 6.07) is -0.478. The third-order valence-electron chi connectivity index (χ3n) is 4.02. The summed E-state index contributed by atoms with van der Waals surface area (Å²) in [4.78, 5) is 13.2. The van der Waals surface area contributed by atoms with Gasteiger partial charge in [-0.3, -0.25) is 9.69 Å². The topological polar surface area (TPSA) is 58.4 Å². The van der Waals surface area contributed by atoms with Crippen molar-refractivity contribution in [2.75, 3.05) is 26.2 Å². The number of piperidine rings is 1. The van der Waals surface area contributed by atoms with Crippen molar-refractivity contribution in [3.8, 4) is 0 Å². The molecular weight excluding hydrogens is 366 g/mol. The Kier molecular flexibility index (Phi) is 13.2. The number of carbonyl (C=O) groups is 1. The van der Waals surface area contributed by atoms with E-state index in [0.717, 1.165) is 19.3 Å². The Labute approximate surface area is 154 Å². The van der Waals surface area contributed by atoms with Gasteiger partial charge in [-0.2, -0.15) is 13.2 Å². The normalized spacial score (nSPS) is 17.8. The van der Waals surface area contributed by atoms with Crippen LogP contribution in [0.2, 0.25) is 0 Å².